The molecule has 0 fully saturated rings. The molecule has 0 aliphatic rings. The van der Waals surface area contributed by atoms with Crippen LogP contribution in [0.3, 0.4) is 0 Å². The van der Waals surface area contributed by atoms with Crippen molar-refractivity contribution in [2.24, 2.45) is 5.73 Å². The second kappa shape index (κ2) is 7.45. The lowest BCUT2D eigenvalue weighted by atomic mass is 10.1. The third-order valence-corrected chi connectivity index (χ3v) is 3.06. The van der Waals surface area contributed by atoms with Crippen molar-refractivity contribution in [1.82, 2.24) is 15.1 Å². The summed E-state index contributed by atoms with van der Waals surface area (Å²) in [6, 6.07) is 11.2. The van der Waals surface area contributed by atoms with E-state index in [9.17, 15) is 4.79 Å². The molecule has 5 heteroatoms. The summed E-state index contributed by atoms with van der Waals surface area (Å²) in [4.78, 5) is 11.9. The van der Waals surface area contributed by atoms with Gasteiger partial charge in [-0.3, -0.25) is 9.48 Å². The SMILES string of the molecule is N[C@H](Cc1ccccc1)C(=O)NCCCn1cccn1. The van der Waals surface area contributed by atoms with Gasteiger partial charge in [0.1, 0.15) is 0 Å². The van der Waals surface area contributed by atoms with E-state index in [1.54, 1.807) is 6.20 Å². The number of nitrogens with two attached hydrogens (primary N) is 1. The predicted octanol–water partition coefficient (Wildman–Crippen LogP) is 0.959. The molecule has 3 N–H and O–H groups in total. The van der Waals surface area contributed by atoms with Crippen molar-refractivity contribution >= 4 is 5.91 Å². The average Bonchev–Trinajstić information content (AvgIpc) is 2.97. The predicted molar refractivity (Wildman–Crippen MR) is 78.0 cm³/mol. The van der Waals surface area contributed by atoms with Crippen LogP contribution in [-0.4, -0.2) is 28.3 Å². The molecule has 106 valence electrons. The number of nitrogens with zero attached hydrogens (tertiary/aromatic N) is 2. The minimum absolute atomic E-state index is 0.102. The van der Waals surface area contributed by atoms with E-state index in [4.69, 9.17) is 5.73 Å². The molecule has 2 rings (SSSR count). The monoisotopic (exact) mass is 272 g/mol. The molecule has 1 amide bonds. The average molecular weight is 272 g/mol. The number of carbonyl (C=O) groups is 1. The zero-order valence-electron chi connectivity index (χ0n) is 11.4. The molecular formula is C15H20N4O. The van der Waals surface area contributed by atoms with Crippen LogP contribution in [-0.2, 0) is 17.8 Å². The number of carbonyl (C=O) groups excluding carboxylic acids is 1. The van der Waals surface area contributed by atoms with Gasteiger partial charge < -0.3 is 11.1 Å². The number of nitrogens with one attached hydrogen (secondary N) is 1. The van der Waals surface area contributed by atoms with Crippen molar-refractivity contribution in [3.63, 3.8) is 0 Å². The molecule has 1 atom stereocenters. The Labute approximate surface area is 118 Å². The van der Waals surface area contributed by atoms with Crippen molar-refractivity contribution in [3.05, 3.63) is 54.4 Å². The lowest BCUT2D eigenvalue weighted by Crippen LogP contribution is -2.42. The molecule has 1 aromatic heterocycles. The molecule has 0 unspecified atom stereocenters. The van der Waals surface area contributed by atoms with Gasteiger partial charge in [-0.25, -0.2) is 0 Å². The Morgan fingerprint density at radius 2 is 2.10 bits per heavy atom. The smallest absolute Gasteiger partial charge is 0.237 e. The first-order valence-corrected chi connectivity index (χ1v) is 6.80. The fourth-order valence-corrected chi connectivity index (χ4v) is 1.98. The van der Waals surface area contributed by atoms with Gasteiger partial charge in [-0.2, -0.15) is 5.10 Å². The van der Waals surface area contributed by atoms with Gasteiger partial charge in [-0.15, -0.1) is 0 Å². The molecule has 0 aliphatic heterocycles. The molecular weight excluding hydrogens is 252 g/mol. The first kappa shape index (κ1) is 14.3. The van der Waals surface area contributed by atoms with Crippen LogP contribution >= 0.6 is 0 Å². The molecule has 2 aromatic rings. The second-order valence-corrected chi connectivity index (χ2v) is 4.71. The van der Waals surface area contributed by atoms with Crippen LogP contribution in [0.5, 0.6) is 0 Å². The summed E-state index contributed by atoms with van der Waals surface area (Å²) in [7, 11) is 0. The number of rotatable bonds is 7. The maximum Gasteiger partial charge on any atom is 0.237 e. The maximum atomic E-state index is 11.9. The van der Waals surface area contributed by atoms with E-state index in [2.05, 4.69) is 10.4 Å². The molecule has 20 heavy (non-hydrogen) atoms. The lowest BCUT2D eigenvalue weighted by molar-refractivity contribution is -0.122. The molecule has 0 radical (unpaired) electrons. The van der Waals surface area contributed by atoms with Crippen molar-refractivity contribution in [2.45, 2.75) is 25.4 Å². The lowest BCUT2D eigenvalue weighted by Gasteiger charge is -2.12. The standard InChI is InChI=1S/C15H20N4O/c16-14(12-13-6-2-1-3-7-13)15(20)17-8-4-10-19-11-5-9-18-19/h1-3,5-7,9,11,14H,4,8,10,12,16H2,(H,17,20)/t14-/m1/s1. The van der Waals surface area contributed by atoms with E-state index < -0.39 is 6.04 Å². The van der Waals surface area contributed by atoms with Gasteiger partial charge in [-0.05, 0) is 24.5 Å². The van der Waals surface area contributed by atoms with Crippen molar-refractivity contribution in [2.75, 3.05) is 6.54 Å². The summed E-state index contributed by atoms with van der Waals surface area (Å²) in [6.45, 7) is 1.41. The summed E-state index contributed by atoms with van der Waals surface area (Å²) in [5.74, 6) is -0.102. The van der Waals surface area contributed by atoms with Crippen LogP contribution in [0.25, 0.3) is 0 Å². The Bertz CT molecular complexity index is 510. The highest BCUT2D eigenvalue weighted by atomic mass is 16.2. The zero-order chi connectivity index (χ0) is 14.2. The topological polar surface area (TPSA) is 72.9 Å². The van der Waals surface area contributed by atoms with Crippen LogP contribution in [0.1, 0.15) is 12.0 Å². The summed E-state index contributed by atoms with van der Waals surface area (Å²) in [6.07, 6.45) is 5.05. The minimum Gasteiger partial charge on any atom is -0.355 e. The fraction of sp³-hybridized carbons (Fsp3) is 0.333. The Morgan fingerprint density at radius 1 is 1.30 bits per heavy atom. The van der Waals surface area contributed by atoms with Gasteiger partial charge in [-0.1, -0.05) is 30.3 Å². The quantitative estimate of drug-likeness (QED) is 0.737. The number of aryl methyl sites for hydroxylation is 1. The van der Waals surface area contributed by atoms with Gasteiger partial charge >= 0.3 is 0 Å². The van der Waals surface area contributed by atoms with E-state index in [1.165, 1.54) is 0 Å². The van der Waals surface area contributed by atoms with Gasteiger partial charge in [0.15, 0.2) is 0 Å². The number of hydrogen-bond donors (Lipinski definition) is 2. The first-order valence-electron chi connectivity index (χ1n) is 6.80. The number of hydrogen-bond acceptors (Lipinski definition) is 3. The normalized spacial score (nSPS) is 12.1. The molecule has 0 aliphatic carbocycles. The molecule has 1 aromatic carbocycles. The van der Waals surface area contributed by atoms with E-state index in [1.807, 2.05) is 47.3 Å². The molecule has 0 bridgehead atoms. The van der Waals surface area contributed by atoms with Gasteiger partial charge in [0.25, 0.3) is 0 Å². The van der Waals surface area contributed by atoms with E-state index in [0.29, 0.717) is 13.0 Å². The number of amides is 1. The first-order chi connectivity index (χ1) is 9.75. The number of benzene rings is 1. The molecule has 5 nitrogen and oxygen atoms in total. The fourth-order valence-electron chi connectivity index (χ4n) is 1.98. The third-order valence-electron chi connectivity index (χ3n) is 3.06. The summed E-state index contributed by atoms with van der Waals surface area (Å²) >= 11 is 0. The minimum atomic E-state index is -0.498. The zero-order valence-corrected chi connectivity index (χ0v) is 11.4. The van der Waals surface area contributed by atoms with Crippen LogP contribution in [0.2, 0.25) is 0 Å². The third kappa shape index (κ3) is 4.51. The van der Waals surface area contributed by atoms with Crippen molar-refractivity contribution < 1.29 is 4.79 Å². The Morgan fingerprint density at radius 3 is 2.80 bits per heavy atom. The molecule has 1 heterocycles. The largest absolute Gasteiger partial charge is 0.355 e. The molecule has 0 saturated heterocycles. The summed E-state index contributed by atoms with van der Waals surface area (Å²) in [5.41, 5.74) is 6.97. The summed E-state index contributed by atoms with van der Waals surface area (Å²) in [5, 5.41) is 6.96. The summed E-state index contributed by atoms with van der Waals surface area (Å²) < 4.78 is 1.84. The van der Waals surface area contributed by atoms with Crippen LogP contribution in [0.4, 0.5) is 0 Å². The maximum absolute atomic E-state index is 11.9. The Hall–Kier alpha value is -2.14. The highest BCUT2D eigenvalue weighted by Gasteiger charge is 2.12. The van der Waals surface area contributed by atoms with Crippen molar-refractivity contribution in [1.29, 1.82) is 0 Å². The van der Waals surface area contributed by atoms with Gasteiger partial charge in [0.05, 0.1) is 6.04 Å². The molecule has 0 spiro atoms. The molecule has 0 saturated carbocycles. The Balaban J connectivity index is 1.66. The number of aromatic nitrogens is 2. The van der Waals surface area contributed by atoms with Crippen molar-refractivity contribution in [3.8, 4) is 0 Å². The van der Waals surface area contributed by atoms with Crippen LogP contribution in [0.15, 0.2) is 48.8 Å². The van der Waals surface area contributed by atoms with Gasteiger partial charge in [0.2, 0.25) is 5.91 Å². The highest BCUT2D eigenvalue weighted by molar-refractivity contribution is 5.81. The van der Waals surface area contributed by atoms with Crippen LogP contribution in [0, 0.1) is 0 Å². The van der Waals surface area contributed by atoms with E-state index >= 15 is 0 Å². The second-order valence-electron chi connectivity index (χ2n) is 4.71. The van der Waals surface area contributed by atoms with Crippen LogP contribution < -0.4 is 11.1 Å². The van der Waals surface area contributed by atoms with Gasteiger partial charge in [0, 0.05) is 25.5 Å². The Kier molecular flexibility index (Phi) is 5.32. The highest BCUT2D eigenvalue weighted by Crippen LogP contribution is 2.01. The van der Waals surface area contributed by atoms with E-state index in [-0.39, 0.29) is 5.91 Å². The van der Waals surface area contributed by atoms with E-state index in [0.717, 1.165) is 18.5 Å².